The number of ether oxygens (including phenoxy) is 1. The van der Waals surface area contributed by atoms with E-state index in [0.717, 1.165) is 22.4 Å². The van der Waals surface area contributed by atoms with Gasteiger partial charge in [-0.15, -0.1) is 0 Å². The van der Waals surface area contributed by atoms with Gasteiger partial charge in [0.2, 0.25) is 10.0 Å². The number of carbonyl (C=O) groups excluding carboxylic acids is 1. The Morgan fingerprint density at radius 1 is 1.07 bits per heavy atom. The van der Waals surface area contributed by atoms with Crippen molar-refractivity contribution in [3.8, 4) is 0 Å². The summed E-state index contributed by atoms with van der Waals surface area (Å²) in [6, 6.07) is 10.00. The molecule has 0 saturated heterocycles. The smallest absolute Gasteiger partial charge is 0.255 e. The molecule has 146 valence electrons. The summed E-state index contributed by atoms with van der Waals surface area (Å²) in [6.45, 7) is 6.61. The van der Waals surface area contributed by atoms with Crippen LogP contribution < -0.4 is 10.0 Å². The van der Waals surface area contributed by atoms with Gasteiger partial charge in [0.05, 0.1) is 4.90 Å². The van der Waals surface area contributed by atoms with Crippen molar-refractivity contribution in [2.24, 2.45) is 0 Å². The highest BCUT2D eigenvalue weighted by Crippen LogP contribution is 2.23. The lowest BCUT2D eigenvalue weighted by atomic mass is 10.0. The predicted octanol–water partition coefficient (Wildman–Crippen LogP) is 3.18. The van der Waals surface area contributed by atoms with E-state index in [4.69, 9.17) is 4.74 Å². The molecule has 0 aliphatic heterocycles. The van der Waals surface area contributed by atoms with Crippen LogP contribution in [0.4, 0.5) is 5.69 Å². The van der Waals surface area contributed by atoms with E-state index in [1.54, 1.807) is 19.2 Å². The molecule has 2 N–H and O–H groups in total. The van der Waals surface area contributed by atoms with Gasteiger partial charge in [-0.25, -0.2) is 13.1 Å². The van der Waals surface area contributed by atoms with Gasteiger partial charge in [-0.2, -0.15) is 0 Å². The maximum atomic E-state index is 12.6. The fourth-order valence-corrected chi connectivity index (χ4v) is 3.99. The minimum absolute atomic E-state index is 0.0601. The third-order valence-corrected chi connectivity index (χ3v) is 5.60. The Kier molecular flexibility index (Phi) is 7.12. The Balaban J connectivity index is 2.18. The third kappa shape index (κ3) is 5.63. The Labute approximate surface area is 161 Å². The zero-order valence-corrected chi connectivity index (χ0v) is 16.9. The molecule has 2 aromatic carbocycles. The standard InChI is InChI=1S/C20H26N2O4S/c1-14-11-15(2)19(16(3)12-14)22-20(23)17-7-5-8-18(13-17)27(24,25)21-9-6-10-26-4/h5,7-8,11-13,21H,6,9-10H2,1-4H3,(H,22,23). The zero-order chi connectivity index (χ0) is 20.0. The highest BCUT2D eigenvalue weighted by Gasteiger charge is 2.17. The van der Waals surface area contributed by atoms with Gasteiger partial charge in [0.1, 0.15) is 0 Å². The van der Waals surface area contributed by atoms with Gasteiger partial charge in [-0.1, -0.05) is 23.8 Å². The summed E-state index contributed by atoms with van der Waals surface area (Å²) in [7, 11) is -2.11. The van der Waals surface area contributed by atoms with E-state index in [-0.39, 0.29) is 22.9 Å². The zero-order valence-electron chi connectivity index (χ0n) is 16.1. The number of hydrogen-bond acceptors (Lipinski definition) is 4. The van der Waals surface area contributed by atoms with E-state index in [1.807, 2.05) is 32.9 Å². The molecular formula is C20H26N2O4S. The van der Waals surface area contributed by atoms with Crippen LogP contribution >= 0.6 is 0 Å². The van der Waals surface area contributed by atoms with Crippen LogP contribution in [0.25, 0.3) is 0 Å². The summed E-state index contributed by atoms with van der Waals surface area (Å²) in [5.41, 5.74) is 4.08. The Morgan fingerprint density at radius 3 is 2.37 bits per heavy atom. The minimum Gasteiger partial charge on any atom is -0.385 e. The van der Waals surface area contributed by atoms with Crippen LogP contribution in [-0.4, -0.2) is 34.6 Å². The molecule has 6 nitrogen and oxygen atoms in total. The first-order valence-electron chi connectivity index (χ1n) is 8.72. The molecular weight excluding hydrogens is 364 g/mol. The number of methoxy groups -OCH3 is 1. The lowest BCUT2D eigenvalue weighted by Gasteiger charge is -2.13. The van der Waals surface area contributed by atoms with E-state index < -0.39 is 10.0 Å². The molecule has 0 aliphatic rings. The van der Waals surface area contributed by atoms with Crippen LogP contribution in [0, 0.1) is 20.8 Å². The number of anilines is 1. The molecule has 0 heterocycles. The topological polar surface area (TPSA) is 84.5 Å². The summed E-state index contributed by atoms with van der Waals surface area (Å²) in [6.07, 6.45) is 0.571. The number of benzene rings is 2. The average molecular weight is 391 g/mol. The van der Waals surface area contributed by atoms with Crippen LogP contribution in [0.15, 0.2) is 41.3 Å². The molecule has 0 radical (unpaired) electrons. The van der Waals surface area contributed by atoms with E-state index in [1.165, 1.54) is 12.1 Å². The number of aryl methyl sites for hydroxylation is 3. The molecule has 0 aliphatic carbocycles. The normalized spacial score (nSPS) is 11.4. The molecule has 1 amide bonds. The van der Waals surface area contributed by atoms with Crippen molar-refractivity contribution in [1.82, 2.24) is 4.72 Å². The third-order valence-electron chi connectivity index (χ3n) is 4.14. The molecule has 2 aromatic rings. The minimum atomic E-state index is -3.68. The van der Waals surface area contributed by atoms with E-state index in [9.17, 15) is 13.2 Å². The predicted molar refractivity (Wildman–Crippen MR) is 107 cm³/mol. The largest absolute Gasteiger partial charge is 0.385 e. The van der Waals surface area contributed by atoms with Gasteiger partial charge in [-0.3, -0.25) is 4.79 Å². The molecule has 7 heteroatoms. The summed E-state index contributed by atoms with van der Waals surface area (Å²) in [5.74, 6) is -0.346. The van der Waals surface area contributed by atoms with Gasteiger partial charge < -0.3 is 10.1 Å². The first-order valence-corrected chi connectivity index (χ1v) is 10.2. The van der Waals surface area contributed by atoms with Gasteiger partial charge >= 0.3 is 0 Å². The van der Waals surface area contributed by atoms with Crippen molar-refractivity contribution in [2.75, 3.05) is 25.6 Å². The SMILES string of the molecule is COCCCNS(=O)(=O)c1cccc(C(=O)Nc2c(C)cc(C)cc2C)c1. The number of hydrogen-bond donors (Lipinski definition) is 2. The fourth-order valence-electron chi connectivity index (χ4n) is 2.87. The second kappa shape index (κ2) is 9.12. The molecule has 0 saturated carbocycles. The van der Waals surface area contributed by atoms with Crippen molar-refractivity contribution in [3.05, 3.63) is 58.7 Å². The number of sulfonamides is 1. The van der Waals surface area contributed by atoms with Crippen LogP contribution in [0.3, 0.4) is 0 Å². The quantitative estimate of drug-likeness (QED) is 0.678. The Hall–Kier alpha value is -2.22. The number of amides is 1. The van der Waals surface area contributed by atoms with Crippen LogP contribution in [0.2, 0.25) is 0 Å². The van der Waals surface area contributed by atoms with Gasteiger partial charge in [0, 0.05) is 31.5 Å². The van der Waals surface area contributed by atoms with Gasteiger partial charge in [0.25, 0.3) is 5.91 Å². The van der Waals surface area contributed by atoms with Crippen molar-refractivity contribution in [3.63, 3.8) is 0 Å². The highest BCUT2D eigenvalue weighted by molar-refractivity contribution is 7.89. The lowest BCUT2D eigenvalue weighted by Crippen LogP contribution is -2.26. The van der Waals surface area contributed by atoms with Crippen molar-refractivity contribution >= 4 is 21.6 Å². The molecule has 0 spiro atoms. The maximum absolute atomic E-state index is 12.6. The van der Waals surface area contributed by atoms with Gasteiger partial charge in [0.15, 0.2) is 0 Å². The van der Waals surface area contributed by atoms with Crippen molar-refractivity contribution < 1.29 is 17.9 Å². The average Bonchev–Trinajstić information content (AvgIpc) is 2.61. The number of rotatable bonds is 8. The molecule has 0 fully saturated rings. The number of carbonyl (C=O) groups is 1. The van der Waals surface area contributed by atoms with E-state index in [0.29, 0.717) is 13.0 Å². The molecule has 0 aromatic heterocycles. The molecule has 0 bridgehead atoms. The van der Waals surface area contributed by atoms with Crippen molar-refractivity contribution in [2.45, 2.75) is 32.1 Å². The first-order chi connectivity index (χ1) is 12.7. The maximum Gasteiger partial charge on any atom is 0.255 e. The van der Waals surface area contributed by atoms with E-state index in [2.05, 4.69) is 10.0 Å². The van der Waals surface area contributed by atoms with Crippen LogP contribution in [0.5, 0.6) is 0 Å². The molecule has 2 rings (SSSR count). The second-order valence-electron chi connectivity index (χ2n) is 6.50. The summed E-state index contributed by atoms with van der Waals surface area (Å²) < 4.78 is 32.2. The number of nitrogens with one attached hydrogen (secondary N) is 2. The van der Waals surface area contributed by atoms with E-state index >= 15 is 0 Å². The Bertz CT molecular complexity index is 900. The van der Waals surface area contributed by atoms with Gasteiger partial charge in [-0.05, 0) is 56.5 Å². The highest BCUT2D eigenvalue weighted by atomic mass is 32.2. The molecule has 0 atom stereocenters. The Morgan fingerprint density at radius 2 is 1.74 bits per heavy atom. The molecule has 27 heavy (non-hydrogen) atoms. The molecule has 0 unspecified atom stereocenters. The van der Waals surface area contributed by atoms with Crippen LogP contribution in [0.1, 0.15) is 33.5 Å². The lowest BCUT2D eigenvalue weighted by molar-refractivity contribution is 0.102. The fraction of sp³-hybridized carbons (Fsp3) is 0.350. The second-order valence-corrected chi connectivity index (χ2v) is 8.27. The summed E-state index contributed by atoms with van der Waals surface area (Å²) in [4.78, 5) is 12.7. The first kappa shape index (κ1) is 21.1. The summed E-state index contributed by atoms with van der Waals surface area (Å²) in [5, 5.41) is 2.89. The summed E-state index contributed by atoms with van der Waals surface area (Å²) >= 11 is 0. The van der Waals surface area contributed by atoms with Crippen molar-refractivity contribution in [1.29, 1.82) is 0 Å². The monoisotopic (exact) mass is 390 g/mol. The van der Waals surface area contributed by atoms with Crippen LogP contribution in [-0.2, 0) is 14.8 Å².